The van der Waals surface area contributed by atoms with Crippen molar-refractivity contribution in [3.05, 3.63) is 23.9 Å². The van der Waals surface area contributed by atoms with Crippen molar-refractivity contribution in [2.45, 2.75) is 44.6 Å². The minimum absolute atomic E-state index is 0.166. The zero-order valence-corrected chi connectivity index (χ0v) is 13.7. The van der Waals surface area contributed by atoms with Crippen molar-refractivity contribution in [3.63, 3.8) is 0 Å². The van der Waals surface area contributed by atoms with Crippen molar-refractivity contribution in [2.24, 2.45) is 0 Å². The monoisotopic (exact) mass is 331 g/mol. The van der Waals surface area contributed by atoms with E-state index in [1.54, 1.807) is 13.0 Å². The molecule has 7 nitrogen and oxygen atoms in total. The van der Waals surface area contributed by atoms with Gasteiger partial charge in [0.15, 0.2) is 6.61 Å². The largest absolute Gasteiger partial charge is 0.477 e. The van der Waals surface area contributed by atoms with Crippen LogP contribution in [0.15, 0.2) is 18.3 Å². The lowest BCUT2D eigenvalue weighted by molar-refractivity contribution is -0.125. The smallest absolute Gasteiger partial charge is 0.344 e. The van der Waals surface area contributed by atoms with Gasteiger partial charge in [0.1, 0.15) is 11.1 Å². The van der Waals surface area contributed by atoms with Crippen molar-refractivity contribution < 1.29 is 19.1 Å². The molecule has 1 aliphatic rings. The van der Waals surface area contributed by atoms with E-state index in [9.17, 15) is 14.9 Å². The quantitative estimate of drug-likeness (QED) is 0.800. The maximum absolute atomic E-state index is 12.1. The fraction of sp³-hybridized carbons (Fsp3) is 0.529. The topological polar surface area (TPSA) is 101 Å². The van der Waals surface area contributed by atoms with Crippen molar-refractivity contribution >= 4 is 11.9 Å². The summed E-state index contributed by atoms with van der Waals surface area (Å²) < 4.78 is 10.3. The third-order valence-corrected chi connectivity index (χ3v) is 3.91. The van der Waals surface area contributed by atoms with Gasteiger partial charge in [0, 0.05) is 6.20 Å². The molecule has 0 unspecified atom stereocenters. The van der Waals surface area contributed by atoms with Gasteiger partial charge in [0.25, 0.3) is 5.91 Å². The number of carbonyl (C=O) groups excluding carboxylic acids is 2. The molecule has 1 aromatic rings. The molecule has 128 valence electrons. The lowest BCUT2D eigenvalue weighted by Crippen LogP contribution is -2.50. The number of pyridine rings is 1. The Hall–Kier alpha value is -2.62. The Bertz CT molecular complexity index is 633. The molecule has 1 N–H and O–H groups in total. The van der Waals surface area contributed by atoms with Crippen LogP contribution in [-0.4, -0.2) is 35.6 Å². The van der Waals surface area contributed by atoms with Gasteiger partial charge in [-0.1, -0.05) is 19.3 Å². The molecule has 2 rings (SSSR count). The van der Waals surface area contributed by atoms with Crippen LogP contribution in [0.3, 0.4) is 0 Å². The first-order valence-corrected chi connectivity index (χ1v) is 8.07. The van der Waals surface area contributed by atoms with Gasteiger partial charge in [0.05, 0.1) is 12.7 Å². The minimum atomic E-state index is -0.841. The Kier molecular flexibility index (Phi) is 6.13. The van der Waals surface area contributed by atoms with Crippen LogP contribution < -0.4 is 10.1 Å². The van der Waals surface area contributed by atoms with E-state index < -0.39 is 24.0 Å². The maximum Gasteiger partial charge on any atom is 0.344 e. The van der Waals surface area contributed by atoms with Crippen LogP contribution in [0.5, 0.6) is 5.88 Å². The van der Waals surface area contributed by atoms with E-state index in [1.165, 1.54) is 12.3 Å². The third-order valence-electron chi connectivity index (χ3n) is 3.91. The maximum atomic E-state index is 12.1. The van der Waals surface area contributed by atoms with Crippen molar-refractivity contribution in [3.8, 4) is 11.9 Å². The molecule has 1 aliphatic carbocycles. The number of nitrogens with one attached hydrogen (secondary N) is 1. The molecule has 1 fully saturated rings. The first-order chi connectivity index (χ1) is 11.6. The number of nitrogens with zero attached hydrogens (tertiary/aromatic N) is 2. The van der Waals surface area contributed by atoms with Crippen LogP contribution in [0.4, 0.5) is 0 Å². The summed E-state index contributed by atoms with van der Waals surface area (Å²) in [4.78, 5) is 28.1. The number of esters is 1. The molecule has 0 atom stereocenters. The van der Waals surface area contributed by atoms with E-state index in [1.807, 2.05) is 0 Å². The highest BCUT2D eigenvalue weighted by atomic mass is 16.5. The number of hydrogen-bond acceptors (Lipinski definition) is 6. The number of rotatable bonds is 6. The van der Waals surface area contributed by atoms with E-state index >= 15 is 0 Å². The van der Waals surface area contributed by atoms with Crippen molar-refractivity contribution in [2.75, 3.05) is 13.2 Å². The van der Waals surface area contributed by atoms with Gasteiger partial charge in [-0.25, -0.2) is 9.78 Å². The fourth-order valence-corrected chi connectivity index (χ4v) is 2.73. The van der Waals surface area contributed by atoms with Gasteiger partial charge < -0.3 is 14.8 Å². The van der Waals surface area contributed by atoms with Crippen LogP contribution in [0.25, 0.3) is 0 Å². The highest BCUT2D eigenvalue weighted by Crippen LogP contribution is 2.27. The number of aromatic nitrogens is 1. The Labute approximate surface area is 141 Å². The molecule has 1 amide bonds. The van der Waals surface area contributed by atoms with E-state index in [-0.39, 0.29) is 11.4 Å². The van der Waals surface area contributed by atoms with Crippen LogP contribution in [-0.2, 0) is 9.53 Å². The van der Waals surface area contributed by atoms with E-state index in [0.29, 0.717) is 19.4 Å². The first kappa shape index (κ1) is 17.7. The van der Waals surface area contributed by atoms with Gasteiger partial charge >= 0.3 is 5.97 Å². The molecule has 1 aromatic heterocycles. The average molecular weight is 331 g/mol. The number of hydrogen-bond donors (Lipinski definition) is 1. The van der Waals surface area contributed by atoms with Crippen LogP contribution in [0.2, 0.25) is 0 Å². The zero-order valence-electron chi connectivity index (χ0n) is 13.7. The molecule has 0 saturated heterocycles. The summed E-state index contributed by atoms with van der Waals surface area (Å²) in [7, 11) is 0. The summed E-state index contributed by atoms with van der Waals surface area (Å²) in [6, 6.07) is 5.30. The van der Waals surface area contributed by atoms with E-state index in [4.69, 9.17) is 9.47 Å². The normalized spacial score (nSPS) is 15.8. The lowest BCUT2D eigenvalue weighted by Gasteiger charge is -2.31. The summed E-state index contributed by atoms with van der Waals surface area (Å²) in [5, 5.41) is 12.0. The van der Waals surface area contributed by atoms with Crippen molar-refractivity contribution in [1.82, 2.24) is 10.3 Å². The molecule has 24 heavy (non-hydrogen) atoms. The SMILES string of the molecule is CCOc1ncccc1C(=O)OCC(=O)NC1(C#N)CCCCC1. The Morgan fingerprint density at radius 1 is 1.38 bits per heavy atom. The highest BCUT2D eigenvalue weighted by Gasteiger charge is 2.33. The first-order valence-electron chi connectivity index (χ1n) is 8.07. The van der Waals surface area contributed by atoms with Crippen LogP contribution in [0.1, 0.15) is 49.4 Å². The summed E-state index contributed by atoms with van der Waals surface area (Å²) in [6.07, 6.45) is 5.63. The second-order valence-corrected chi connectivity index (χ2v) is 5.67. The van der Waals surface area contributed by atoms with E-state index in [0.717, 1.165) is 19.3 Å². The van der Waals surface area contributed by atoms with Gasteiger partial charge in [-0.15, -0.1) is 0 Å². The van der Waals surface area contributed by atoms with Crippen LogP contribution >= 0.6 is 0 Å². The number of amides is 1. The molecular formula is C17H21N3O4. The summed E-state index contributed by atoms with van der Waals surface area (Å²) in [5.74, 6) is -0.990. The average Bonchev–Trinajstić information content (AvgIpc) is 2.61. The number of carbonyl (C=O) groups is 2. The van der Waals surface area contributed by atoms with Gasteiger partial charge in [-0.2, -0.15) is 5.26 Å². The highest BCUT2D eigenvalue weighted by molar-refractivity contribution is 5.93. The summed E-state index contributed by atoms with van der Waals surface area (Å²) in [6.45, 7) is 1.70. The van der Waals surface area contributed by atoms with E-state index in [2.05, 4.69) is 16.4 Å². The molecular weight excluding hydrogens is 310 g/mol. The zero-order chi connectivity index (χ0) is 17.4. The third kappa shape index (κ3) is 4.44. The Morgan fingerprint density at radius 2 is 2.12 bits per heavy atom. The lowest BCUT2D eigenvalue weighted by atomic mass is 9.83. The Balaban J connectivity index is 1.92. The second kappa shape index (κ2) is 8.29. The molecule has 1 heterocycles. The van der Waals surface area contributed by atoms with Crippen molar-refractivity contribution in [1.29, 1.82) is 5.26 Å². The second-order valence-electron chi connectivity index (χ2n) is 5.67. The summed E-state index contributed by atoms with van der Waals surface area (Å²) in [5.41, 5.74) is -0.674. The van der Waals surface area contributed by atoms with Gasteiger partial charge in [0.2, 0.25) is 5.88 Å². The molecule has 0 aliphatic heterocycles. The number of ether oxygens (including phenoxy) is 2. The fourth-order valence-electron chi connectivity index (χ4n) is 2.73. The minimum Gasteiger partial charge on any atom is -0.477 e. The standard InChI is InChI=1S/C17H21N3O4/c1-2-23-15-13(7-6-10-19-15)16(22)24-11-14(21)20-17(12-18)8-4-3-5-9-17/h6-7,10H,2-5,8-9,11H2,1H3,(H,20,21). The van der Waals surface area contributed by atoms with Crippen LogP contribution in [0, 0.1) is 11.3 Å². The number of nitriles is 1. The predicted molar refractivity (Wildman–Crippen MR) is 85.3 cm³/mol. The van der Waals surface area contributed by atoms with Gasteiger partial charge in [-0.3, -0.25) is 4.79 Å². The molecule has 0 radical (unpaired) electrons. The molecule has 7 heteroatoms. The predicted octanol–water partition coefficient (Wildman–Crippen LogP) is 1.98. The Morgan fingerprint density at radius 3 is 2.79 bits per heavy atom. The molecule has 0 aromatic carbocycles. The van der Waals surface area contributed by atoms with Gasteiger partial charge in [-0.05, 0) is 31.9 Å². The molecule has 1 saturated carbocycles. The molecule has 0 bridgehead atoms. The molecule has 0 spiro atoms. The summed E-state index contributed by atoms with van der Waals surface area (Å²) >= 11 is 0.